The molecule has 1 aromatic rings. The van der Waals surface area contributed by atoms with Crippen LogP contribution >= 0.6 is 0 Å². The number of aromatic carboxylic acids is 1. The fourth-order valence-electron chi connectivity index (χ4n) is 1.01. The molecule has 0 aliphatic heterocycles. The Hall–Kier alpha value is -1.58. The number of rotatable bonds is 2. The van der Waals surface area contributed by atoms with Crippen molar-refractivity contribution in [1.82, 2.24) is 0 Å². The molecule has 0 heterocycles. The van der Waals surface area contributed by atoms with E-state index in [1.807, 2.05) is 0 Å². The van der Waals surface area contributed by atoms with Crippen LogP contribution in [0.15, 0.2) is 12.1 Å². The molecule has 4 heteroatoms. The molecule has 1 aromatic carbocycles. The van der Waals surface area contributed by atoms with Crippen LogP contribution in [-0.4, -0.2) is 18.2 Å². The molecule has 0 spiro atoms. The molecule has 0 bridgehead atoms. The Bertz CT molecular complexity index is 347. The van der Waals surface area contributed by atoms with E-state index in [4.69, 9.17) is 5.11 Å². The number of carbonyl (C=O) groups is 1. The molecule has 13 heavy (non-hydrogen) atoms. The lowest BCUT2D eigenvalue weighted by atomic mass is 10.1. The van der Waals surface area contributed by atoms with Gasteiger partial charge in [0.25, 0.3) is 0 Å². The number of ether oxygens (including phenoxy) is 1. The number of carboxylic acid groups (broad SMARTS) is 1. The van der Waals surface area contributed by atoms with Crippen molar-refractivity contribution < 1.29 is 19.0 Å². The molecule has 0 aromatic heterocycles. The molecule has 0 saturated heterocycles. The first-order chi connectivity index (χ1) is 6.06. The maximum Gasteiger partial charge on any atom is 0.335 e. The molecular formula is C9H9FO3. The van der Waals surface area contributed by atoms with Crippen molar-refractivity contribution in [3.05, 3.63) is 29.1 Å². The predicted octanol–water partition coefficient (Wildman–Crippen LogP) is 1.84. The van der Waals surface area contributed by atoms with Crippen LogP contribution in [-0.2, 0) is 0 Å². The van der Waals surface area contributed by atoms with Gasteiger partial charge in [0, 0.05) is 0 Å². The minimum atomic E-state index is -1.10. The molecule has 0 aliphatic carbocycles. The van der Waals surface area contributed by atoms with E-state index in [9.17, 15) is 9.18 Å². The quantitative estimate of drug-likeness (QED) is 0.762. The fourth-order valence-corrected chi connectivity index (χ4v) is 1.01. The lowest BCUT2D eigenvalue weighted by Crippen LogP contribution is -2.00. The highest BCUT2D eigenvalue weighted by Gasteiger charge is 2.11. The van der Waals surface area contributed by atoms with Gasteiger partial charge in [-0.3, -0.25) is 0 Å². The van der Waals surface area contributed by atoms with Crippen molar-refractivity contribution >= 4 is 5.97 Å². The van der Waals surface area contributed by atoms with Gasteiger partial charge in [-0.05, 0) is 24.6 Å². The van der Waals surface area contributed by atoms with E-state index in [1.54, 1.807) is 0 Å². The van der Waals surface area contributed by atoms with Gasteiger partial charge in [-0.25, -0.2) is 9.18 Å². The van der Waals surface area contributed by atoms with Gasteiger partial charge in [-0.2, -0.15) is 0 Å². The summed E-state index contributed by atoms with van der Waals surface area (Å²) in [5.74, 6) is -1.66. The van der Waals surface area contributed by atoms with E-state index in [1.165, 1.54) is 20.1 Å². The molecule has 0 unspecified atom stereocenters. The number of hydrogen-bond donors (Lipinski definition) is 1. The minimum Gasteiger partial charge on any atom is -0.494 e. The number of aryl methyl sites for hydroxylation is 1. The van der Waals surface area contributed by atoms with Gasteiger partial charge in [0.05, 0.1) is 12.7 Å². The first-order valence-corrected chi connectivity index (χ1v) is 3.63. The van der Waals surface area contributed by atoms with Crippen LogP contribution in [0.4, 0.5) is 4.39 Å². The maximum atomic E-state index is 13.1. The second kappa shape index (κ2) is 3.43. The van der Waals surface area contributed by atoms with Crippen molar-refractivity contribution in [3.63, 3.8) is 0 Å². The molecule has 1 N–H and O–H groups in total. The molecule has 3 nitrogen and oxygen atoms in total. The minimum absolute atomic E-state index is 0.0238. The Morgan fingerprint density at radius 3 is 2.62 bits per heavy atom. The Labute approximate surface area is 74.8 Å². The largest absolute Gasteiger partial charge is 0.494 e. The summed E-state index contributed by atoms with van der Waals surface area (Å²) in [7, 11) is 1.30. The molecule has 0 radical (unpaired) electrons. The van der Waals surface area contributed by atoms with Crippen molar-refractivity contribution in [2.75, 3.05) is 7.11 Å². The van der Waals surface area contributed by atoms with Gasteiger partial charge in [0.2, 0.25) is 0 Å². The van der Waals surface area contributed by atoms with E-state index >= 15 is 0 Å². The zero-order valence-electron chi connectivity index (χ0n) is 7.30. The number of halogens is 1. The normalized spacial score (nSPS) is 9.77. The Kier molecular flexibility index (Phi) is 2.51. The zero-order valence-corrected chi connectivity index (χ0v) is 7.30. The highest BCUT2D eigenvalue weighted by molar-refractivity contribution is 5.88. The second-order valence-electron chi connectivity index (χ2n) is 2.61. The molecule has 1 rings (SSSR count). The summed E-state index contributed by atoms with van der Waals surface area (Å²) in [6, 6.07) is 2.42. The van der Waals surface area contributed by atoms with E-state index in [0.717, 1.165) is 6.07 Å². The number of hydrogen-bond acceptors (Lipinski definition) is 2. The first-order valence-electron chi connectivity index (χ1n) is 3.63. The van der Waals surface area contributed by atoms with E-state index in [0.29, 0.717) is 0 Å². The number of benzene rings is 1. The zero-order chi connectivity index (χ0) is 10.0. The Morgan fingerprint density at radius 2 is 2.15 bits per heavy atom. The van der Waals surface area contributed by atoms with Crippen molar-refractivity contribution in [2.45, 2.75) is 6.92 Å². The van der Waals surface area contributed by atoms with Gasteiger partial charge < -0.3 is 9.84 Å². The molecule has 0 amide bonds. The third-order valence-corrected chi connectivity index (χ3v) is 1.69. The molecular weight excluding hydrogens is 175 g/mol. The lowest BCUT2D eigenvalue weighted by molar-refractivity contribution is 0.0696. The monoisotopic (exact) mass is 184 g/mol. The summed E-state index contributed by atoms with van der Waals surface area (Å²) in [4.78, 5) is 10.6. The fraction of sp³-hybridized carbons (Fsp3) is 0.222. The number of methoxy groups -OCH3 is 1. The van der Waals surface area contributed by atoms with Crippen LogP contribution < -0.4 is 4.74 Å². The molecule has 0 aliphatic rings. The van der Waals surface area contributed by atoms with Crippen molar-refractivity contribution in [3.8, 4) is 5.75 Å². The third-order valence-electron chi connectivity index (χ3n) is 1.69. The van der Waals surface area contributed by atoms with Crippen LogP contribution in [0.3, 0.4) is 0 Å². The summed E-state index contributed by atoms with van der Waals surface area (Å²) < 4.78 is 17.8. The van der Waals surface area contributed by atoms with Gasteiger partial charge in [-0.15, -0.1) is 0 Å². The molecule has 0 saturated carbocycles. The highest BCUT2D eigenvalue weighted by atomic mass is 19.1. The van der Waals surface area contributed by atoms with E-state index in [2.05, 4.69) is 4.74 Å². The van der Waals surface area contributed by atoms with E-state index in [-0.39, 0.29) is 16.9 Å². The molecule has 0 fully saturated rings. The van der Waals surface area contributed by atoms with Crippen LogP contribution in [0.2, 0.25) is 0 Å². The standard InChI is InChI=1S/C9H9FO3/c1-5-3-6(9(11)12)4-7(13-2)8(5)10/h3-4H,1-2H3,(H,11,12). The average Bonchev–Trinajstić information content (AvgIpc) is 2.09. The second-order valence-corrected chi connectivity index (χ2v) is 2.61. The van der Waals surface area contributed by atoms with Crippen LogP contribution in [0.5, 0.6) is 5.75 Å². The van der Waals surface area contributed by atoms with Gasteiger partial charge in [0.1, 0.15) is 0 Å². The average molecular weight is 184 g/mol. The van der Waals surface area contributed by atoms with Crippen molar-refractivity contribution in [1.29, 1.82) is 0 Å². The Morgan fingerprint density at radius 1 is 1.54 bits per heavy atom. The van der Waals surface area contributed by atoms with Gasteiger partial charge >= 0.3 is 5.97 Å². The SMILES string of the molecule is COc1cc(C(=O)O)cc(C)c1F. The third kappa shape index (κ3) is 1.77. The molecule has 0 atom stereocenters. The Balaban J connectivity index is 3.30. The summed E-state index contributed by atoms with van der Waals surface area (Å²) >= 11 is 0. The van der Waals surface area contributed by atoms with E-state index < -0.39 is 11.8 Å². The highest BCUT2D eigenvalue weighted by Crippen LogP contribution is 2.22. The smallest absolute Gasteiger partial charge is 0.335 e. The number of carboxylic acids is 1. The van der Waals surface area contributed by atoms with Gasteiger partial charge in [-0.1, -0.05) is 0 Å². The summed E-state index contributed by atoms with van der Waals surface area (Å²) in [6.45, 7) is 1.49. The van der Waals surface area contributed by atoms with Crippen LogP contribution in [0.25, 0.3) is 0 Å². The summed E-state index contributed by atoms with van der Waals surface area (Å²) in [5, 5.41) is 8.64. The topological polar surface area (TPSA) is 46.5 Å². The lowest BCUT2D eigenvalue weighted by Gasteiger charge is -2.05. The van der Waals surface area contributed by atoms with Crippen LogP contribution in [0, 0.1) is 12.7 Å². The summed E-state index contributed by atoms with van der Waals surface area (Å²) in [6.07, 6.45) is 0. The maximum absolute atomic E-state index is 13.1. The van der Waals surface area contributed by atoms with Gasteiger partial charge in [0.15, 0.2) is 11.6 Å². The van der Waals surface area contributed by atoms with Crippen molar-refractivity contribution in [2.24, 2.45) is 0 Å². The predicted molar refractivity (Wildman–Crippen MR) is 44.6 cm³/mol. The van der Waals surface area contributed by atoms with Crippen LogP contribution in [0.1, 0.15) is 15.9 Å². The first kappa shape index (κ1) is 9.51. The summed E-state index contributed by atoms with van der Waals surface area (Å²) in [5.41, 5.74) is 0.285. The molecule has 70 valence electrons.